The van der Waals surface area contributed by atoms with Gasteiger partial charge in [0.25, 0.3) is 5.69 Å². The molecule has 3 rings (SSSR count). The van der Waals surface area contributed by atoms with Crippen molar-refractivity contribution in [2.45, 2.75) is 4.90 Å². The molecule has 0 saturated carbocycles. The summed E-state index contributed by atoms with van der Waals surface area (Å²) < 4.78 is 23.1. The lowest BCUT2D eigenvalue weighted by Crippen LogP contribution is -2.06. The predicted octanol–water partition coefficient (Wildman–Crippen LogP) is 1.64. The summed E-state index contributed by atoms with van der Waals surface area (Å²) in [7, 11) is -3.57. The molecule has 9 nitrogen and oxygen atoms in total. The minimum absolute atomic E-state index is 0.0297. The van der Waals surface area contributed by atoms with E-state index in [2.05, 4.69) is 15.4 Å². The van der Waals surface area contributed by atoms with Crippen molar-refractivity contribution in [2.24, 2.45) is 0 Å². The van der Waals surface area contributed by atoms with E-state index in [1.54, 1.807) is 24.3 Å². The summed E-state index contributed by atoms with van der Waals surface area (Å²) >= 11 is 0. The molecule has 122 valence electrons. The maximum atomic E-state index is 11.6. The molecule has 0 saturated heterocycles. The Bertz CT molecular complexity index is 1010. The molecular weight excluding hydrogens is 334 g/mol. The number of nitro groups is 1. The van der Waals surface area contributed by atoms with Crippen molar-refractivity contribution in [3.63, 3.8) is 0 Å². The molecule has 2 aromatic carbocycles. The normalized spacial score (nSPS) is 11.4. The number of nitrogens with zero attached hydrogens (tertiary/aromatic N) is 5. The summed E-state index contributed by atoms with van der Waals surface area (Å²) in [6.45, 7) is 0. The molecule has 0 aliphatic carbocycles. The van der Waals surface area contributed by atoms with Crippen LogP contribution in [0, 0.1) is 10.1 Å². The largest absolute Gasteiger partial charge is 0.298 e. The summed E-state index contributed by atoms with van der Waals surface area (Å²) in [4.78, 5) is 11.4. The second-order valence-electron chi connectivity index (χ2n) is 4.95. The number of hydrogen-bond donors (Lipinski definition) is 0. The molecule has 1 heterocycles. The van der Waals surface area contributed by atoms with Crippen molar-refractivity contribution in [3.05, 3.63) is 58.6 Å². The molecule has 0 atom stereocenters. The summed E-state index contributed by atoms with van der Waals surface area (Å²) in [6.07, 6.45) is 0.979. The Hall–Kier alpha value is -3.14. The van der Waals surface area contributed by atoms with E-state index in [1.807, 2.05) is 6.07 Å². The molecule has 0 fully saturated rings. The van der Waals surface area contributed by atoms with Gasteiger partial charge in [0.05, 0.1) is 9.82 Å². The van der Waals surface area contributed by atoms with Crippen LogP contribution in [-0.4, -0.2) is 39.8 Å². The molecule has 0 radical (unpaired) electrons. The number of aromatic nitrogens is 4. The van der Waals surface area contributed by atoms with Crippen molar-refractivity contribution in [1.29, 1.82) is 0 Å². The van der Waals surface area contributed by atoms with Gasteiger partial charge in [-0.25, -0.2) is 8.42 Å². The Kier molecular flexibility index (Phi) is 3.81. The molecule has 0 aliphatic heterocycles. The fourth-order valence-electron chi connectivity index (χ4n) is 2.07. The molecule has 1 aromatic heterocycles. The van der Waals surface area contributed by atoms with Crippen molar-refractivity contribution in [1.82, 2.24) is 20.2 Å². The number of sulfone groups is 1. The highest BCUT2D eigenvalue weighted by Crippen LogP contribution is 2.26. The van der Waals surface area contributed by atoms with Crippen LogP contribution in [0.4, 0.5) is 5.69 Å². The van der Waals surface area contributed by atoms with Crippen LogP contribution < -0.4 is 0 Å². The van der Waals surface area contributed by atoms with Crippen LogP contribution in [0.15, 0.2) is 53.4 Å². The van der Waals surface area contributed by atoms with Crippen molar-refractivity contribution < 1.29 is 13.3 Å². The van der Waals surface area contributed by atoms with Gasteiger partial charge in [-0.3, -0.25) is 10.1 Å². The molecule has 0 N–H and O–H groups in total. The number of hydrogen-bond acceptors (Lipinski definition) is 7. The Morgan fingerprint density at radius 1 is 1.12 bits per heavy atom. The zero-order chi connectivity index (χ0) is 17.3. The van der Waals surface area contributed by atoms with Gasteiger partial charge in [0.1, 0.15) is 0 Å². The Balaban J connectivity index is 2.10. The fourth-order valence-corrected chi connectivity index (χ4v) is 2.71. The zero-order valence-corrected chi connectivity index (χ0v) is 13.2. The Labute approximate surface area is 136 Å². The minimum atomic E-state index is -3.57. The van der Waals surface area contributed by atoms with Gasteiger partial charge in [-0.1, -0.05) is 30.3 Å². The molecule has 0 unspecified atom stereocenters. The molecular formula is C14H11N5O4S. The smallest absolute Gasteiger partial charge is 0.258 e. The summed E-state index contributed by atoms with van der Waals surface area (Å²) in [5.41, 5.74) is 0.316. The molecule has 0 aliphatic rings. The lowest BCUT2D eigenvalue weighted by molar-refractivity contribution is -0.384. The fraction of sp³-hybridized carbons (Fsp3) is 0.0714. The van der Waals surface area contributed by atoms with E-state index in [4.69, 9.17) is 0 Å². The number of tetrazole rings is 1. The lowest BCUT2D eigenvalue weighted by atomic mass is 10.2. The topological polar surface area (TPSA) is 121 Å². The third-order valence-corrected chi connectivity index (χ3v) is 4.34. The minimum Gasteiger partial charge on any atom is -0.258 e. The molecule has 24 heavy (non-hydrogen) atoms. The van der Waals surface area contributed by atoms with Gasteiger partial charge in [0.15, 0.2) is 15.5 Å². The molecule has 3 aromatic rings. The van der Waals surface area contributed by atoms with E-state index in [9.17, 15) is 18.5 Å². The van der Waals surface area contributed by atoms with Crippen molar-refractivity contribution >= 4 is 15.5 Å². The highest BCUT2D eigenvalue weighted by atomic mass is 32.2. The van der Waals surface area contributed by atoms with E-state index in [-0.39, 0.29) is 10.6 Å². The SMILES string of the molecule is CS(=O)(=O)c1ccc(-n2nnc(-c3ccccc3)n2)c([N+](=O)[O-])c1. The van der Waals surface area contributed by atoms with Crippen molar-refractivity contribution in [3.8, 4) is 17.1 Å². The van der Waals surface area contributed by atoms with Gasteiger partial charge in [0, 0.05) is 17.9 Å². The monoisotopic (exact) mass is 345 g/mol. The summed E-state index contributed by atoms with van der Waals surface area (Å²) in [6, 6.07) is 12.5. The summed E-state index contributed by atoms with van der Waals surface area (Å²) in [5, 5.41) is 23.1. The molecule has 0 amide bonds. The molecule has 0 bridgehead atoms. The van der Waals surface area contributed by atoms with Crippen LogP contribution in [0.2, 0.25) is 0 Å². The Morgan fingerprint density at radius 2 is 1.83 bits per heavy atom. The third-order valence-electron chi connectivity index (χ3n) is 3.23. The van der Waals surface area contributed by atoms with Crippen LogP contribution >= 0.6 is 0 Å². The Morgan fingerprint density at radius 3 is 2.46 bits per heavy atom. The standard InChI is InChI=1S/C14H11N5O4S/c1-24(22,23)11-7-8-12(13(9-11)19(20)21)18-16-14(15-17-18)10-5-3-2-4-6-10/h2-9H,1H3. The first-order valence-electron chi connectivity index (χ1n) is 6.70. The van der Waals surface area contributed by atoms with E-state index in [0.29, 0.717) is 11.4 Å². The number of benzene rings is 2. The first kappa shape index (κ1) is 15.7. The van der Waals surface area contributed by atoms with Crippen LogP contribution in [0.25, 0.3) is 17.1 Å². The van der Waals surface area contributed by atoms with E-state index in [1.165, 1.54) is 12.1 Å². The second kappa shape index (κ2) is 5.81. The van der Waals surface area contributed by atoms with Crippen LogP contribution in [-0.2, 0) is 9.84 Å². The first-order chi connectivity index (χ1) is 11.4. The van der Waals surface area contributed by atoms with E-state index in [0.717, 1.165) is 17.1 Å². The average Bonchev–Trinajstić information content (AvgIpc) is 3.04. The number of rotatable bonds is 4. The van der Waals surface area contributed by atoms with E-state index < -0.39 is 20.4 Å². The van der Waals surface area contributed by atoms with Gasteiger partial charge < -0.3 is 0 Å². The second-order valence-corrected chi connectivity index (χ2v) is 6.96. The van der Waals surface area contributed by atoms with Gasteiger partial charge in [-0.2, -0.15) is 0 Å². The number of nitro benzene ring substituents is 1. The van der Waals surface area contributed by atoms with Gasteiger partial charge in [-0.05, 0) is 17.3 Å². The quantitative estimate of drug-likeness (QED) is 0.520. The highest BCUT2D eigenvalue weighted by molar-refractivity contribution is 7.90. The average molecular weight is 345 g/mol. The maximum Gasteiger partial charge on any atom is 0.298 e. The van der Waals surface area contributed by atoms with Gasteiger partial charge >= 0.3 is 0 Å². The predicted molar refractivity (Wildman–Crippen MR) is 84.4 cm³/mol. The third kappa shape index (κ3) is 2.99. The van der Waals surface area contributed by atoms with Crippen LogP contribution in [0.5, 0.6) is 0 Å². The van der Waals surface area contributed by atoms with Gasteiger partial charge in [-0.15, -0.1) is 15.0 Å². The van der Waals surface area contributed by atoms with E-state index >= 15 is 0 Å². The maximum absolute atomic E-state index is 11.6. The van der Waals surface area contributed by atoms with Crippen LogP contribution in [0.1, 0.15) is 0 Å². The molecule has 0 spiro atoms. The zero-order valence-electron chi connectivity index (χ0n) is 12.4. The highest BCUT2D eigenvalue weighted by Gasteiger charge is 2.22. The molecule has 10 heteroatoms. The van der Waals surface area contributed by atoms with Gasteiger partial charge in [0.2, 0.25) is 5.82 Å². The van der Waals surface area contributed by atoms with Crippen molar-refractivity contribution in [2.75, 3.05) is 6.26 Å². The lowest BCUT2D eigenvalue weighted by Gasteiger charge is -2.03. The van der Waals surface area contributed by atoms with Crippen LogP contribution in [0.3, 0.4) is 0 Å². The summed E-state index contributed by atoms with van der Waals surface area (Å²) in [5.74, 6) is 0.303. The first-order valence-corrected chi connectivity index (χ1v) is 8.60.